The van der Waals surface area contributed by atoms with Crippen LogP contribution in [0.25, 0.3) is 0 Å². The number of carbonyl (C=O) groups is 1. The Morgan fingerprint density at radius 1 is 0.933 bits per heavy atom. The number of carbonyl (C=O) groups excluding carboxylic acids is 1. The Morgan fingerprint density at radius 3 is 2.03 bits per heavy atom. The summed E-state index contributed by atoms with van der Waals surface area (Å²) < 4.78 is 26.7. The number of rotatable bonds is 7. The number of nitrogens with zero attached hydrogens (tertiary/aromatic N) is 3. The van der Waals surface area contributed by atoms with Gasteiger partial charge in [-0.15, -0.1) is 24.8 Å². The van der Waals surface area contributed by atoms with Gasteiger partial charge in [0.1, 0.15) is 0 Å². The van der Waals surface area contributed by atoms with Crippen LogP contribution in [0.3, 0.4) is 0 Å². The van der Waals surface area contributed by atoms with Crippen LogP contribution in [0.4, 0.5) is 5.69 Å². The molecule has 8 nitrogen and oxygen atoms in total. The number of nitro groups is 1. The van der Waals surface area contributed by atoms with Crippen molar-refractivity contribution in [1.82, 2.24) is 9.21 Å². The van der Waals surface area contributed by atoms with E-state index in [0.717, 1.165) is 0 Å². The summed E-state index contributed by atoms with van der Waals surface area (Å²) in [6, 6.07) is 13.9. The first-order valence-corrected chi connectivity index (χ1v) is 10.4. The monoisotopic (exact) mass is 475 g/mol. The van der Waals surface area contributed by atoms with E-state index < -0.39 is 14.9 Å². The molecule has 0 unspecified atom stereocenters. The average molecular weight is 476 g/mol. The van der Waals surface area contributed by atoms with Crippen molar-refractivity contribution < 1.29 is 18.1 Å². The minimum atomic E-state index is -3.49. The Balaban J connectivity index is 0.00000225. The van der Waals surface area contributed by atoms with Crippen molar-refractivity contribution in [3.63, 3.8) is 0 Å². The van der Waals surface area contributed by atoms with Crippen LogP contribution in [0.15, 0.2) is 59.5 Å². The molecule has 0 bridgehead atoms. The minimum absolute atomic E-state index is 0. The topological polar surface area (TPSA) is 101 Å². The first-order chi connectivity index (χ1) is 13.4. The highest BCUT2D eigenvalue weighted by atomic mass is 35.5. The second-order valence-corrected chi connectivity index (χ2v) is 8.47. The third-order valence-corrected chi connectivity index (χ3v) is 6.68. The SMILES string of the molecule is Cl.Cl.O=C(CCN1CCN(S(=O)(=O)c2ccccc2)CC1)c1ccc([N+](=O)[O-])cc1. The van der Waals surface area contributed by atoms with E-state index in [9.17, 15) is 23.3 Å². The normalized spacial score (nSPS) is 14.9. The fourth-order valence-corrected chi connectivity index (χ4v) is 4.55. The van der Waals surface area contributed by atoms with E-state index in [-0.39, 0.29) is 47.6 Å². The van der Waals surface area contributed by atoms with Crippen LogP contribution in [0.2, 0.25) is 0 Å². The molecule has 0 spiro atoms. The van der Waals surface area contributed by atoms with Crippen LogP contribution in [0.1, 0.15) is 16.8 Å². The number of benzene rings is 2. The molecule has 2 aromatic carbocycles. The van der Waals surface area contributed by atoms with Crippen LogP contribution >= 0.6 is 24.8 Å². The first-order valence-electron chi connectivity index (χ1n) is 8.93. The van der Waals surface area contributed by atoms with Crippen LogP contribution in [0, 0.1) is 10.1 Å². The lowest BCUT2D eigenvalue weighted by Crippen LogP contribution is -2.48. The van der Waals surface area contributed by atoms with Gasteiger partial charge in [-0.1, -0.05) is 18.2 Å². The quantitative estimate of drug-likeness (QED) is 0.346. The van der Waals surface area contributed by atoms with Crippen LogP contribution in [-0.4, -0.2) is 61.1 Å². The lowest BCUT2D eigenvalue weighted by atomic mass is 10.1. The Morgan fingerprint density at radius 2 is 1.50 bits per heavy atom. The number of non-ortho nitro benzene ring substituents is 1. The van der Waals surface area contributed by atoms with Gasteiger partial charge < -0.3 is 4.90 Å². The lowest BCUT2D eigenvalue weighted by Gasteiger charge is -2.33. The van der Waals surface area contributed by atoms with Crippen LogP contribution < -0.4 is 0 Å². The molecule has 1 heterocycles. The lowest BCUT2D eigenvalue weighted by molar-refractivity contribution is -0.384. The predicted octanol–water partition coefficient (Wildman–Crippen LogP) is 3.02. The van der Waals surface area contributed by atoms with Gasteiger partial charge in [0, 0.05) is 56.8 Å². The number of nitro benzene ring substituents is 1. The molecule has 1 aliphatic heterocycles. The van der Waals surface area contributed by atoms with E-state index in [1.807, 2.05) is 0 Å². The molecule has 1 fully saturated rings. The number of piperazine rings is 1. The average Bonchev–Trinajstić information content (AvgIpc) is 2.73. The van der Waals surface area contributed by atoms with Crippen molar-refractivity contribution in [2.24, 2.45) is 0 Å². The molecule has 0 atom stereocenters. The maximum absolute atomic E-state index is 12.6. The summed E-state index contributed by atoms with van der Waals surface area (Å²) in [6.45, 7) is 2.39. The molecule has 2 aromatic rings. The Hall–Kier alpha value is -2.04. The summed E-state index contributed by atoms with van der Waals surface area (Å²) in [7, 11) is -3.49. The maximum atomic E-state index is 12.6. The molecule has 3 rings (SSSR count). The van der Waals surface area contributed by atoms with Crippen molar-refractivity contribution in [3.8, 4) is 0 Å². The number of Topliss-reactive ketones (excluding diaryl/α,β-unsaturated/α-hetero) is 1. The minimum Gasteiger partial charge on any atom is -0.300 e. The second kappa shape index (κ2) is 11.4. The maximum Gasteiger partial charge on any atom is 0.269 e. The number of hydrogen-bond donors (Lipinski definition) is 0. The zero-order valence-electron chi connectivity index (χ0n) is 16.0. The molecule has 0 N–H and O–H groups in total. The predicted molar refractivity (Wildman–Crippen MR) is 118 cm³/mol. The molecule has 1 saturated heterocycles. The van der Waals surface area contributed by atoms with E-state index in [0.29, 0.717) is 38.3 Å². The molecule has 164 valence electrons. The van der Waals surface area contributed by atoms with E-state index in [1.165, 1.54) is 28.6 Å². The third-order valence-electron chi connectivity index (χ3n) is 4.77. The summed E-state index contributed by atoms with van der Waals surface area (Å²) in [6.07, 6.45) is 0.281. The van der Waals surface area contributed by atoms with Gasteiger partial charge in [0.25, 0.3) is 5.69 Å². The third kappa shape index (κ3) is 6.23. The summed E-state index contributed by atoms with van der Waals surface area (Å²) in [4.78, 5) is 24.8. The van der Waals surface area contributed by atoms with Crippen molar-refractivity contribution in [2.45, 2.75) is 11.3 Å². The summed E-state index contributed by atoms with van der Waals surface area (Å²) in [5.74, 6) is -0.0887. The summed E-state index contributed by atoms with van der Waals surface area (Å²) in [5, 5.41) is 10.7. The highest BCUT2D eigenvalue weighted by Crippen LogP contribution is 2.18. The van der Waals surface area contributed by atoms with Gasteiger partial charge in [-0.2, -0.15) is 4.31 Å². The van der Waals surface area contributed by atoms with Crippen LogP contribution in [0.5, 0.6) is 0 Å². The second-order valence-electron chi connectivity index (χ2n) is 6.54. The molecule has 1 aliphatic rings. The van der Waals surface area contributed by atoms with Gasteiger partial charge in [-0.25, -0.2) is 8.42 Å². The Bertz CT molecular complexity index is 948. The van der Waals surface area contributed by atoms with Crippen molar-refractivity contribution in [1.29, 1.82) is 0 Å². The molecular weight excluding hydrogens is 453 g/mol. The van der Waals surface area contributed by atoms with E-state index in [1.54, 1.807) is 30.3 Å². The van der Waals surface area contributed by atoms with Gasteiger partial charge in [0.05, 0.1) is 9.82 Å². The van der Waals surface area contributed by atoms with Gasteiger partial charge in [0.2, 0.25) is 10.0 Å². The van der Waals surface area contributed by atoms with Crippen molar-refractivity contribution in [2.75, 3.05) is 32.7 Å². The molecule has 0 aromatic heterocycles. The van der Waals surface area contributed by atoms with Gasteiger partial charge in [-0.3, -0.25) is 14.9 Å². The molecule has 0 saturated carbocycles. The van der Waals surface area contributed by atoms with E-state index in [2.05, 4.69) is 4.90 Å². The first kappa shape index (κ1) is 26.0. The smallest absolute Gasteiger partial charge is 0.269 e. The van der Waals surface area contributed by atoms with Gasteiger partial charge in [0.15, 0.2) is 5.78 Å². The van der Waals surface area contributed by atoms with E-state index >= 15 is 0 Å². The molecule has 0 radical (unpaired) electrons. The largest absolute Gasteiger partial charge is 0.300 e. The summed E-state index contributed by atoms with van der Waals surface area (Å²) >= 11 is 0. The highest BCUT2D eigenvalue weighted by Gasteiger charge is 2.28. The highest BCUT2D eigenvalue weighted by molar-refractivity contribution is 7.89. The van der Waals surface area contributed by atoms with Crippen LogP contribution in [-0.2, 0) is 10.0 Å². The summed E-state index contributed by atoms with van der Waals surface area (Å²) in [5.41, 5.74) is 0.392. The van der Waals surface area contributed by atoms with E-state index in [4.69, 9.17) is 0 Å². The molecule has 0 aliphatic carbocycles. The standard InChI is InChI=1S/C19H21N3O5S.2ClH/c23-19(16-6-8-17(9-7-16)22(24)25)10-11-20-12-14-21(15-13-20)28(26,27)18-4-2-1-3-5-18;;/h1-9H,10-15H2;2*1H. The van der Waals surface area contributed by atoms with Crippen molar-refractivity contribution in [3.05, 3.63) is 70.3 Å². The Kier molecular flexibility index (Phi) is 9.86. The fraction of sp³-hybridized carbons (Fsp3) is 0.316. The zero-order valence-corrected chi connectivity index (χ0v) is 18.5. The molecule has 0 amide bonds. The number of hydrogen-bond acceptors (Lipinski definition) is 6. The fourth-order valence-electron chi connectivity index (χ4n) is 3.11. The Labute approximate surface area is 187 Å². The number of sulfonamides is 1. The molecular formula is C19H23Cl2N3O5S. The number of ketones is 1. The van der Waals surface area contributed by atoms with Gasteiger partial charge >= 0.3 is 0 Å². The van der Waals surface area contributed by atoms with Gasteiger partial charge in [-0.05, 0) is 24.3 Å². The van der Waals surface area contributed by atoms with Crippen molar-refractivity contribution >= 4 is 46.3 Å². The molecule has 11 heteroatoms. The zero-order chi connectivity index (χ0) is 20.1. The molecule has 30 heavy (non-hydrogen) atoms. The number of halogens is 2.